The maximum absolute atomic E-state index is 4.05. The molecule has 1 aromatic heterocycles. The van der Waals surface area contributed by atoms with E-state index in [2.05, 4.69) is 25.0 Å². The van der Waals surface area contributed by atoms with Crippen LogP contribution in [0.15, 0.2) is 6.20 Å². The maximum atomic E-state index is 4.05. The second-order valence-electron chi connectivity index (χ2n) is 3.36. The largest absolute Gasteiger partial charge is 0.249 e. The quantitative estimate of drug-likeness (QED) is 0.453. The highest BCUT2D eigenvalue weighted by atomic mass is 15.4. The van der Waals surface area contributed by atoms with Gasteiger partial charge in [-0.3, -0.25) is 0 Å². The number of nitrogens with zero attached hydrogens (tertiary/aromatic N) is 3. The highest BCUT2D eigenvalue weighted by Gasteiger charge is 1.99. The van der Waals surface area contributed by atoms with Crippen molar-refractivity contribution in [2.75, 3.05) is 0 Å². The molecule has 0 N–H and O–H groups in total. The molecule has 0 saturated carbocycles. The fraction of sp³-hybridized carbons (Fsp3) is 0.750. The molecule has 13 heavy (non-hydrogen) atoms. The minimum absolute atomic E-state index is 1.03. The van der Waals surface area contributed by atoms with Gasteiger partial charge in [-0.05, 0) is 12.8 Å². The molecular formula is C8H17B2N3. The van der Waals surface area contributed by atoms with Gasteiger partial charge >= 0.3 is 0 Å². The van der Waals surface area contributed by atoms with E-state index in [1.807, 2.05) is 10.9 Å². The monoisotopic (exact) mass is 177 g/mol. The molecule has 0 bridgehead atoms. The van der Waals surface area contributed by atoms with Crippen molar-refractivity contribution in [1.29, 1.82) is 0 Å². The Labute approximate surface area is 81.5 Å². The van der Waals surface area contributed by atoms with Crippen LogP contribution in [0.2, 0.25) is 6.32 Å². The first-order valence-electron chi connectivity index (χ1n) is 5.25. The summed E-state index contributed by atoms with van der Waals surface area (Å²) < 4.78 is 2.02. The zero-order valence-corrected chi connectivity index (χ0v) is 8.66. The molecule has 1 rings (SSSR count). The summed E-state index contributed by atoms with van der Waals surface area (Å²) >= 11 is 0. The predicted octanol–water partition coefficient (Wildman–Crippen LogP) is 0.0236. The summed E-state index contributed by atoms with van der Waals surface area (Å²) in [5.74, 6) is 0. The standard InChI is InChI=1S/C8H17B2N3/c1-2-8-7-11-12-13(8)6-4-3-5-10-9/h7,10H,2-6,9H2,1H3. The van der Waals surface area contributed by atoms with Crippen molar-refractivity contribution in [3.05, 3.63) is 11.9 Å². The van der Waals surface area contributed by atoms with Crippen molar-refractivity contribution in [2.45, 2.75) is 39.1 Å². The van der Waals surface area contributed by atoms with Crippen molar-refractivity contribution in [1.82, 2.24) is 15.0 Å². The van der Waals surface area contributed by atoms with Crippen LogP contribution >= 0.6 is 0 Å². The van der Waals surface area contributed by atoms with Gasteiger partial charge in [0, 0.05) is 6.54 Å². The van der Waals surface area contributed by atoms with Gasteiger partial charge in [0.25, 0.3) is 0 Å². The molecule has 1 aromatic rings. The van der Waals surface area contributed by atoms with Crippen LogP contribution in [0, 0.1) is 0 Å². The number of rotatable bonds is 6. The molecule has 0 aliphatic carbocycles. The zero-order chi connectivity index (χ0) is 9.52. The summed E-state index contributed by atoms with van der Waals surface area (Å²) in [6, 6.07) is 0. The number of aryl methyl sites for hydroxylation is 2. The van der Waals surface area contributed by atoms with E-state index < -0.39 is 0 Å². The third-order valence-electron chi connectivity index (χ3n) is 2.28. The van der Waals surface area contributed by atoms with E-state index in [9.17, 15) is 0 Å². The second-order valence-corrected chi connectivity index (χ2v) is 3.36. The van der Waals surface area contributed by atoms with E-state index in [4.69, 9.17) is 0 Å². The summed E-state index contributed by atoms with van der Waals surface area (Å²) in [5, 5.41) is 7.96. The number of aromatic nitrogens is 3. The molecule has 0 fully saturated rings. The Hall–Kier alpha value is -0.730. The SMILES string of the molecule is BBCCCCn1nncc1CC. The second kappa shape index (κ2) is 5.84. The summed E-state index contributed by atoms with van der Waals surface area (Å²) in [5.41, 5.74) is 1.25. The van der Waals surface area contributed by atoms with Gasteiger partial charge in [-0.1, -0.05) is 24.9 Å². The molecular weight excluding hydrogens is 160 g/mol. The van der Waals surface area contributed by atoms with Gasteiger partial charge in [0.1, 0.15) is 0 Å². The summed E-state index contributed by atoms with van der Waals surface area (Å²) in [4.78, 5) is 0. The Bertz CT molecular complexity index is 237. The molecule has 0 unspecified atom stereocenters. The normalized spacial score (nSPS) is 10.2. The molecule has 70 valence electrons. The molecule has 0 aromatic carbocycles. The van der Waals surface area contributed by atoms with Gasteiger partial charge in [0.2, 0.25) is 0 Å². The highest BCUT2D eigenvalue weighted by molar-refractivity contribution is 6.89. The zero-order valence-electron chi connectivity index (χ0n) is 8.66. The van der Waals surface area contributed by atoms with Crippen LogP contribution in [0.25, 0.3) is 0 Å². The molecule has 3 nitrogen and oxygen atoms in total. The average Bonchev–Trinajstić information content (AvgIpc) is 2.60. The Balaban J connectivity index is 2.27. The van der Waals surface area contributed by atoms with E-state index in [1.54, 1.807) is 0 Å². The van der Waals surface area contributed by atoms with Crippen LogP contribution in [-0.4, -0.2) is 29.9 Å². The smallest absolute Gasteiger partial charge is 0.0821 e. The van der Waals surface area contributed by atoms with Gasteiger partial charge < -0.3 is 0 Å². The third-order valence-corrected chi connectivity index (χ3v) is 2.28. The summed E-state index contributed by atoms with van der Waals surface area (Å²) in [6.45, 7) is 3.17. The fourth-order valence-electron chi connectivity index (χ4n) is 1.43. The van der Waals surface area contributed by atoms with Crippen LogP contribution in [-0.2, 0) is 13.0 Å². The number of hydrogen-bond acceptors (Lipinski definition) is 2. The third kappa shape index (κ3) is 3.25. The Morgan fingerprint density at radius 3 is 3.08 bits per heavy atom. The average molecular weight is 177 g/mol. The molecule has 0 amide bonds. The lowest BCUT2D eigenvalue weighted by Crippen LogP contribution is -2.04. The molecule has 0 atom stereocenters. The molecule has 5 heteroatoms. The first-order chi connectivity index (χ1) is 6.38. The minimum Gasteiger partial charge on any atom is -0.249 e. The van der Waals surface area contributed by atoms with Crippen LogP contribution in [0.3, 0.4) is 0 Å². The minimum atomic E-state index is 1.03. The molecule has 0 radical (unpaired) electrons. The Morgan fingerprint density at radius 1 is 1.54 bits per heavy atom. The van der Waals surface area contributed by atoms with E-state index in [0.29, 0.717) is 0 Å². The lowest BCUT2D eigenvalue weighted by Gasteiger charge is -2.03. The van der Waals surface area contributed by atoms with Crippen LogP contribution in [0.5, 0.6) is 0 Å². The highest BCUT2D eigenvalue weighted by Crippen LogP contribution is 2.01. The van der Waals surface area contributed by atoms with E-state index in [-0.39, 0.29) is 0 Å². The summed E-state index contributed by atoms with van der Waals surface area (Å²) in [6.07, 6.45) is 6.75. The summed E-state index contributed by atoms with van der Waals surface area (Å²) in [7, 11) is 3.52. The van der Waals surface area contributed by atoms with Gasteiger partial charge in [-0.2, -0.15) is 0 Å². The molecule has 0 saturated heterocycles. The van der Waals surface area contributed by atoms with Crippen LogP contribution < -0.4 is 0 Å². The van der Waals surface area contributed by atoms with Crippen molar-refractivity contribution in [2.24, 2.45) is 0 Å². The molecule has 0 spiro atoms. The molecule has 0 aliphatic rings. The first-order valence-corrected chi connectivity index (χ1v) is 5.25. The first kappa shape index (κ1) is 10.4. The van der Waals surface area contributed by atoms with Crippen molar-refractivity contribution in [3.8, 4) is 0 Å². The molecule has 0 aliphatic heterocycles. The Morgan fingerprint density at radius 2 is 2.38 bits per heavy atom. The van der Waals surface area contributed by atoms with Gasteiger partial charge in [-0.25, -0.2) is 4.68 Å². The van der Waals surface area contributed by atoms with Crippen molar-refractivity contribution >= 4 is 14.9 Å². The fourth-order valence-corrected chi connectivity index (χ4v) is 1.43. The van der Waals surface area contributed by atoms with Crippen LogP contribution in [0.4, 0.5) is 0 Å². The lowest BCUT2D eigenvalue weighted by molar-refractivity contribution is 0.535. The molecule has 1 heterocycles. The topological polar surface area (TPSA) is 30.7 Å². The predicted molar refractivity (Wildman–Crippen MR) is 59.1 cm³/mol. The lowest BCUT2D eigenvalue weighted by atomic mass is 9.53. The van der Waals surface area contributed by atoms with Gasteiger partial charge in [0.05, 0.1) is 26.8 Å². The van der Waals surface area contributed by atoms with Gasteiger partial charge in [-0.15, -0.1) is 5.10 Å². The number of hydrogen-bond donors (Lipinski definition) is 0. The maximum Gasteiger partial charge on any atom is 0.0821 e. The van der Waals surface area contributed by atoms with Crippen molar-refractivity contribution in [3.63, 3.8) is 0 Å². The van der Waals surface area contributed by atoms with Crippen LogP contribution in [0.1, 0.15) is 25.5 Å². The van der Waals surface area contributed by atoms with E-state index in [1.165, 1.54) is 32.0 Å². The Kier molecular flexibility index (Phi) is 4.65. The van der Waals surface area contributed by atoms with Crippen molar-refractivity contribution < 1.29 is 0 Å². The van der Waals surface area contributed by atoms with Gasteiger partial charge in [0.15, 0.2) is 0 Å². The van der Waals surface area contributed by atoms with E-state index >= 15 is 0 Å². The number of unbranched alkanes of at least 4 members (excludes halogenated alkanes) is 1. The van der Waals surface area contributed by atoms with E-state index in [0.717, 1.165) is 13.0 Å².